The number of nitrogens with two attached hydrogens (primary N) is 1. The maximum absolute atomic E-state index is 16.6. The number of benzene rings is 2. The van der Waals surface area contributed by atoms with Crippen molar-refractivity contribution >= 4 is 29.1 Å². The summed E-state index contributed by atoms with van der Waals surface area (Å²) in [4.78, 5) is 47.3. The molecule has 0 aliphatic heterocycles. The quantitative estimate of drug-likeness (QED) is 0.230. The van der Waals surface area contributed by atoms with Crippen molar-refractivity contribution in [3.05, 3.63) is 88.5 Å². The van der Waals surface area contributed by atoms with Crippen molar-refractivity contribution in [2.24, 2.45) is 0 Å². The topological polar surface area (TPSA) is 151 Å². The van der Waals surface area contributed by atoms with Gasteiger partial charge in [-0.05, 0) is 24.3 Å². The molecule has 0 saturated heterocycles. The van der Waals surface area contributed by atoms with Gasteiger partial charge in [-0.15, -0.1) is 6.42 Å². The Kier molecular flexibility index (Phi) is 7.97. The predicted molar refractivity (Wildman–Crippen MR) is 134 cm³/mol. The number of alkyl halides is 2. The number of hydrogen-bond acceptors (Lipinski definition) is 9. The van der Waals surface area contributed by atoms with Crippen LogP contribution in [0.5, 0.6) is 0 Å². The SMILES string of the molecule is C#C[C@H](OC(=O)c1ccccc1)[C@@](F)(COC(=O)c1ccccc1)O[C@H](CF)n1cnc2c(=O)[nH]c(N)nc21. The number of nitrogen functional groups attached to an aromatic ring is 1. The van der Waals surface area contributed by atoms with Crippen molar-refractivity contribution in [1.29, 1.82) is 0 Å². The Morgan fingerprint density at radius 1 is 1.10 bits per heavy atom. The zero-order valence-electron chi connectivity index (χ0n) is 20.1. The highest BCUT2D eigenvalue weighted by Gasteiger charge is 2.47. The molecule has 0 unspecified atom stereocenters. The molecule has 4 aromatic rings. The van der Waals surface area contributed by atoms with Gasteiger partial charge in [-0.3, -0.25) is 14.3 Å². The fourth-order valence-corrected chi connectivity index (χ4v) is 3.53. The summed E-state index contributed by atoms with van der Waals surface area (Å²) in [6.07, 6.45) is 2.51. The molecule has 2 heterocycles. The zero-order valence-corrected chi connectivity index (χ0v) is 20.1. The molecule has 0 fully saturated rings. The van der Waals surface area contributed by atoms with Gasteiger partial charge in [0.05, 0.1) is 17.5 Å². The minimum absolute atomic E-state index is 0.0444. The Hall–Kier alpha value is -5.09. The van der Waals surface area contributed by atoms with E-state index in [2.05, 4.69) is 15.0 Å². The number of hydrogen-bond donors (Lipinski definition) is 2. The molecular weight excluding hydrogens is 516 g/mol. The molecule has 2 aromatic heterocycles. The third kappa shape index (κ3) is 5.91. The number of fused-ring (bicyclic) bond motifs is 1. The van der Waals surface area contributed by atoms with Crippen molar-refractivity contribution in [2.75, 3.05) is 19.0 Å². The fraction of sp³-hybridized carbons (Fsp3) is 0.192. The molecule has 200 valence electrons. The monoisotopic (exact) mass is 537 g/mol. The highest BCUT2D eigenvalue weighted by atomic mass is 19.2. The van der Waals surface area contributed by atoms with Crippen LogP contribution in [0.2, 0.25) is 0 Å². The van der Waals surface area contributed by atoms with Crippen LogP contribution < -0.4 is 11.3 Å². The lowest BCUT2D eigenvalue weighted by molar-refractivity contribution is -0.253. The second-order valence-electron chi connectivity index (χ2n) is 8.05. The number of aromatic amines is 1. The van der Waals surface area contributed by atoms with Crippen molar-refractivity contribution in [3.63, 3.8) is 0 Å². The number of esters is 2. The van der Waals surface area contributed by atoms with Gasteiger partial charge >= 0.3 is 11.9 Å². The van der Waals surface area contributed by atoms with Crippen molar-refractivity contribution < 1.29 is 32.6 Å². The van der Waals surface area contributed by atoms with Crippen LogP contribution in [0.3, 0.4) is 0 Å². The van der Waals surface area contributed by atoms with Gasteiger partial charge in [0, 0.05) is 0 Å². The number of carbonyl (C=O) groups excluding carboxylic acids is 2. The molecule has 0 amide bonds. The third-order valence-corrected chi connectivity index (χ3v) is 5.41. The normalized spacial score (nSPS) is 14.1. The summed E-state index contributed by atoms with van der Waals surface area (Å²) in [6, 6.07) is 15.2. The van der Waals surface area contributed by atoms with Gasteiger partial charge in [-0.25, -0.2) is 23.4 Å². The van der Waals surface area contributed by atoms with E-state index in [0.29, 0.717) is 0 Å². The van der Waals surface area contributed by atoms with E-state index in [-0.39, 0.29) is 28.2 Å². The minimum atomic E-state index is -3.27. The van der Waals surface area contributed by atoms with Gasteiger partial charge in [-0.1, -0.05) is 42.3 Å². The number of anilines is 1. The molecule has 3 N–H and O–H groups in total. The summed E-state index contributed by atoms with van der Waals surface area (Å²) in [7, 11) is 0. The summed E-state index contributed by atoms with van der Waals surface area (Å²) in [5, 5.41) is 0. The Bertz CT molecular complexity index is 1570. The van der Waals surface area contributed by atoms with Crippen LogP contribution in [0.4, 0.5) is 14.7 Å². The summed E-state index contributed by atoms with van der Waals surface area (Å²) >= 11 is 0. The third-order valence-electron chi connectivity index (χ3n) is 5.41. The van der Waals surface area contributed by atoms with E-state index in [4.69, 9.17) is 26.4 Å². The van der Waals surface area contributed by atoms with E-state index < -0.39 is 49.0 Å². The lowest BCUT2D eigenvalue weighted by Gasteiger charge is -2.32. The van der Waals surface area contributed by atoms with Crippen molar-refractivity contribution in [3.8, 4) is 12.3 Å². The Balaban J connectivity index is 1.67. The first-order chi connectivity index (χ1) is 18.8. The summed E-state index contributed by atoms with van der Waals surface area (Å²) < 4.78 is 47.4. The zero-order chi connectivity index (χ0) is 28.0. The number of rotatable bonds is 10. The Labute approximate surface area is 219 Å². The van der Waals surface area contributed by atoms with E-state index >= 15 is 4.39 Å². The standard InChI is InChI=1S/C26H21F2N5O6/c1-2-18(38-24(36)17-11-7-4-8-12-17)26(28,14-37-23(35)16-9-5-3-6-10-16)39-19(13-27)33-15-30-20-21(33)31-25(29)32-22(20)34/h1,3-12,15,18-19H,13-14H2,(H3,29,31,32,34)/t18-,19+,26+/m0/s1. The lowest BCUT2D eigenvalue weighted by Crippen LogP contribution is -2.48. The summed E-state index contributed by atoms with van der Waals surface area (Å²) in [5.41, 5.74) is 4.53. The summed E-state index contributed by atoms with van der Waals surface area (Å²) in [6.45, 7) is -2.58. The number of terminal acetylenes is 1. The lowest BCUT2D eigenvalue weighted by atomic mass is 10.1. The molecule has 0 radical (unpaired) electrons. The van der Waals surface area contributed by atoms with Crippen molar-refractivity contribution in [1.82, 2.24) is 19.5 Å². The number of carbonyl (C=O) groups is 2. The smallest absolute Gasteiger partial charge is 0.339 e. The second kappa shape index (κ2) is 11.5. The molecule has 11 nitrogen and oxygen atoms in total. The van der Waals surface area contributed by atoms with E-state index in [1.54, 1.807) is 36.4 Å². The number of nitrogens with zero attached hydrogens (tertiary/aromatic N) is 3. The summed E-state index contributed by atoms with van der Waals surface area (Å²) in [5.74, 6) is -3.58. The molecule has 2 aromatic carbocycles. The van der Waals surface area contributed by atoms with Crippen LogP contribution in [-0.4, -0.2) is 56.7 Å². The largest absolute Gasteiger partial charge is 0.456 e. The van der Waals surface area contributed by atoms with E-state index in [1.165, 1.54) is 24.3 Å². The first kappa shape index (κ1) is 27.0. The van der Waals surface area contributed by atoms with Crippen LogP contribution in [0, 0.1) is 12.3 Å². The van der Waals surface area contributed by atoms with Gasteiger partial charge in [0.15, 0.2) is 24.0 Å². The predicted octanol–water partition coefficient (Wildman–Crippen LogP) is 2.57. The molecule has 13 heteroatoms. The molecule has 0 aliphatic rings. The van der Waals surface area contributed by atoms with Gasteiger partial charge in [-0.2, -0.15) is 4.98 Å². The van der Waals surface area contributed by atoms with Gasteiger partial charge in [0.2, 0.25) is 12.1 Å². The first-order valence-electron chi connectivity index (χ1n) is 11.3. The number of H-pyrrole nitrogens is 1. The van der Waals surface area contributed by atoms with Crippen molar-refractivity contribution in [2.45, 2.75) is 18.2 Å². The average Bonchev–Trinajstić information content (AvgIpc) is 3.38. The maximum Gasteiger partial charge on any atom is 0.339 e. The molecule has 4 rings (SSSR count). The fourth-order valence-electron chi connectivity index (χ4n) is 3.53. The first-order valence-corrected chi connectivity index (χ1v) is 11.3. The maximum atomic E-state index is 16.6. The number of nitrogens with one attached hydrogen (secondary N) is 1. The Morgan fingerprint density at radius 3 is 2.31 bits per heavy atom. The highest BCUT2D eigenvalue weighted by molar-refractivity contribution is 5.90. The van der Waals surface area contributed by atoms with E-state index in [1.807, 2.05) is 5.92 Å². The number of halogens is 2. The number of ether oxygens (including phenoxy) is 3. The van der Waals surface area contributed by atoms with Crippen LogP contribution in [0.1, 0.15) is 26.9 Å². The highest BCUT2D eigenvalue weighted by Crippen LogP contribution is 2.30. The van der Waals surface area contributed by atoms with Crippen LogP contribution in [-0.2, 0) is 14.2 Å². The molecule has 0 saturated carbocycles. The second-order valence-corrected chi connectivity index (χ2v) is 8.05. The molecule has 3 atom stereocenters. The van der Waals surface area contributed by atoms with Gasteiger partial charge < -0.3 is 19.9 Å². The van der Waals surface area contributed by atoms with Crippen LogP contribution in [0.15, 0.2) is 71.8 Å². The molecule has 0 bridgehead atoms. The van der Waals surface area contributed by atoms with Gasteiger partial charge in [0.25, 0.3) is 11.4 Å². The molecule has 39 heavy (non-hydrogen) atoms. The Morgan fingerprint density at radius 2 is 1.72 bits per heavy atom. The van der Waals surface area contributed by atoms with Gasteiger partial charge in [0.1, 0.15) is 6.67 Å². The number of aromatic nitrogens is 4. The minimum Gasteiger partial charge on any atom is -0.456 e. The number of imidazole rings is 1. The average molecular weight is 537 g/mol. The van der Waals surface area contributed by atoms with E-state index in [9.17, 15) is 18.8 Å². The molecular formula is C26H21F2N5O6. The molecule has 0 spiro atoms. The van der Waals surface area contributed by atoms with Crippen LogP contribution in [0.25, 0.3) is 11.2 Å². The van der Waals surface area contributed by atoms with E-state index in [0.717, 1.165) is 10.9 Å². The molecule has 0 aliphatic carbocycles. The van der Waals surface area contributed by atoms with Crippen LogP contribution >= 0.6 is 0 Å².